The predicted molar refractivity (Wildman–Crippen MR) is 128 cm³/mol. The van der Waals surface area contributed by atoms with Gasteiger partial charge in [0.2, 0.25) is 5.91 Å². The number of aryl methyl sites for hydroxylation is 1. The SMILES string of the molecule is CCCCc1ccc(NC(=O)CN(c2ccccc2F)S(=O)(=O)c2ccc(OC)cc2)cc1. The Morgan fingerprint density at radius 3 is 2.27 bits per heavy atom. The smallest absolute Gasteiger partial charge is 0.264 e. The van der Waals surface area contributed by atoms with E-state index in [2.05, 4.69) is 12.2 Å². The second-order valence-corrected chi connectivity index (χ2v) is 9.35. The first-order valence-corrected chi connectivity index (χ1v) is 12.1. The van der Waals surface area contributed by atoms with Crippen LogP contribution in [0, 0.1) is 5.82 Å². The van der Waals surface area contributed by atoms with Gasteiger partial charge in [0.25, 0.3) is 10.0 Å². The molecular weight excluding hydrogens is 443 g/mol. The minimum atomic E-state index is -4.23. The van der Waals surface area contributed by atoms with Crippen LogP contribution < -0.4 is 14.4 Å². The van der Waals surface area contributed by atoms with Crippen molar-refractivity contribution in [1.82, 2.24) is 0 Å². The first kappa shape index (κ1) is 24.3. The number of para-hydroxylation sites is 1. The topological polar surface area (TPSA) is 75.7 Å². The molecule has 0 saturated heterocycles. The van der Waals surface area contributed by atoms with Gasteiger partial charge in [-0.15, -0.1) is 0 Å². The number of amides is 1. The largest absolute Gasteiger partial charge is 0.497 e. The van der Waals surface area contributed by atoms with Crippen molar-refractivity contribution in [2.75, 3.05) is 23.3 Å². The van der Waals surface area contributed by atoms with E-state index in [1.54, 1.807) is 12.1 Å². The van der Waals surface area contributed by atoms with Crippen molar-refractivity contribution in [2.45, 2.75) is 31.1 Å². The minimum absolute atomic E-state index is 0.0837. The van der Waals surface area contributed by atoms with Crippen LogP contribution in [0.4, 0.5) is 15.8 Å². The molecule has 0 saturated carbocycles. The lowest BCUT2D eigenvalue weighted by molar-refractivity contribution is -0.114. The number of hydrogen-bond donors (Lipinski definition) is 1. The van der Waals surface area contributed by atoms with Crippen molar-refractivity contribution in [2.24, 2.45) is 0 Å². The Morgan fingerprint density at radius 1 is 1.00 bits per heavy atom. The summed E-state index contributed by atoms with van der Waals surface area (Å²) in [6.07, 6.45) is 3.12. The molecule has 8 heteroatoms. The Bertz CT molecular complexity index is 1180. The molecule has 3 aromatic carbocycles. The molecule has 0 heterocycles. The van der Waals surface area contributed by atoms with Crippen LogP contribution in [0.1, 0.15) is 25.3 Å². The number of anilines is 2. The number of rotatable bonds is 10. The van der Waals surface area contributed by atoms with Crippen LogP contribution in [0.5, 0.6) is 5.75 Å². The summed E-state index contributed by atoms with van der Waals surface area (Å²) >= 11 is 0. The van der Waals surface area contributed by atoms with Gasteiger partial charge in [-0.05, 0) is 66.9 Å². The minimum Gasteiger partial charge on any atom is -0.497 e. The van der Waals surface area contributed by atoms with Crippen LogP contribution in [-0.4, -0.2) is 28.0 Å². The fourth-order valence-corrected chi connectivity index (χ4v) is 4.72. The molecule has 0 aliphatic rings. The highest BCUT2D eigenvalue weighted by atomic mass is 32.2. The molecule has 0 bridgehead atoms. The van der Waals surface area contributed by atoms with Gasteiger partial charge in [-0.25, -0.2) is 12.8 Å². The number of nitrogens with one attached hydrogen (secondary N) is 1. The molecule has 0 aliphatic carbocycles. The lowest BCUT2D eigenvalue weighted by Gasteiger charge is -2.24. The van der Waals surface area contributed by atoms with Crippen molar-refractivity contribution >= 4 is 27.3 Å². The number of carbonyl (C=O) groups is 1. The molecule has 1 N–H and O–H groups in total. The molecule has 0 radical (unpaired) electrons. The van der Waals surface area contributed by atoms with E-state index in [-0.39, 0.29) is 10.6 Å². The van der Waals surface area contributed by atoms with Gasteiger partial charge in [-0.1, -0.05) is 37.6 Å². The summed E-state index contributed by atoms with van der Waals surface area (Å²) in [5, 5.41) is 2.70. The fraction of sp³-hybridized carbons (Fsp3) is 0.240. The van der Waals surface area contributed by atoms with E-state index in [1.165, 1.54) is 49.6 Å². The standard InChI is InChI=1S/C25H27FN2O4S/c1-3-4-7-19-10-12-20(13-11-19)27-25(29)18-28(24-9-6-5-8-23(24)26)33(30,31)22-16-14-21(32-2)15-17-22/h5-6,8-17H,3-4,7,18H2,1-2H3,(H,27,29). The Labute approximate surface area is 194 Å². The molecular formula is C25H27FN2O4S. The molecule has 33 heavy (non-hydrogen) atoms. The molecule has 0 fully saturated rings. The average Bonchev–Trinajstić information content (AvgIpc) is 2.82. The molecule has 3 rings (SSSR count). The first-order valence-electron chi connectivity index (χ1n) is 10.6. The molecule has 0 aromatic heterocycles. The highest BCUT2D eigenvalue weighted by molar-refractivity contribution is 7.92. The summed E-state index contributed by atoms with van der Waals surface area (Å²) in [6, 6.07) is 18.5. The zero-order valence-electron chi connectivity index (χ0n) is 18.6. The summed E-state index contributed by atoms with van der Waals surface area (Å²) in [6.45, 7) is 1.53. The Kier molecular flexibility index (Phi) is 8.06. The van der Waals surface area contributed by atoms with Crippen molar-refractivity contribution in [1.29, 1.82) is 0 Å². The number of hydrogen-bond acceptors (Lipinski definition) is 4. The van der Waals surface area contributed by atoms with E-state index in [4.69, 9.17) is 4.74 Å². The highest BCUT2D eigenvalue weighted by Crippen LogP contribution is 2.27. The van der Waals surface area contributed by atoms with Gasteiger partial charge in [-0.3, -0.25) is 9.10 Å². The Balaban J connectivity index is 1.85. The molecule has 1 amide bonds. The van der Waals surface area contributed by atoms with Crippen molar-refractivity contribution in [3.05, 3.63) is 84.2 Å². The fourth-order valence-electron chi connectivity index (χ4n) is 3.30. The third-order valence-corrected chi connectivity index (χ3v) is 6.89. The molecule has 6 nitrogen and oxygen atoms in total. The zero-order valence-corrected chi connectivity index (χ0v) is 19.4. The van der Waals surface area contributed by atoms with Gasteiger partial charge in [0.05, 0.1) is 17.7 Å². The van der Waals surface area contributed by atoms with Gasteiger partial charge < -0.3 is 10.1 Å². The van der Waals surface area contributed by atoms with Crippen molar-refractivity contribution in [3.63, 3.8) is 0 Å². The number of nitrogens with zero attached hydrogens (tertiary/aromatic N) is 1. The molecule has 0 atom stereocenters. The highest BCUT2D eigenvalue weighted by Gasteiger charge is 2.29. The second kappa shape index (κ2) is 11.0. The third-order valence-electron chi connectivity index (χ3n) is 5.11. The van der Waals surface area contributed by atoms with Crippen LogP contribution in [0.25, 0.3) is 0 Å². The van der Waals surface area contributed by atoms with Gasteiger partial charge >= 0.3 is 0 Å². The van der Waals surface area contributed by atoms with Crippen LogP contribution in [0.2, 0.25) is 0 Å². The number of carbonyl (C=O) groups excluding carboxylic acids is 1. The van der Waals surface area contributed by atoms with Gasteiger partial charge in [0, 0.05) is 5.69 Å². The summed E-state index contributed by atoms with van der Waals surface area (Å²) in [4.78, 5) is 12.7. The lowest BCUT2D eigenvalue weighted by atomic mass is 10.1. The van der Waals surface area contributed by atoms with E-state index in [1.807, 2.05) is 12.1 Å². The number of halogens is 1. The first-order chi connectivity index (χ1) is 15.8. The van der Waals surface area contributed by atoms with E-state index >= 15 is 0 Å². The van der Waals surface area contributed by atoms with Crippen LogP contribution >= 0.6 is 0 Å². The zero-order chi connectivity index (χ0) is 23.8. The van der Waals surface area contributed by atoms with Gasteiger partial charge in [0.15, 0.2) is 0 Å². The van der Waals surface area contributed by atoms with E-state index < -0.39 is 28.3 Å². The van der Waals surface area contributed by atoms with Crippen LogP contribution in [-0.2, 0) is 21.2 Å². The third kappa shape index (κ3) is 6.10. The Hall–Kier alpha value is -3.39. The maximum Gasteiger partial charge on any atom is 0.264 e. The van der Waals surface area contributed by atoms with Crippen molar-refractivity contribution in [3.8, 4) is 5.75 Å². The second-order valence-electron chi connectivity index (χ2n) is 7.49. The Morgan fingerprint density at radius 2 is 1.67 bits per heavy atom. The number of unbranched alkanes of at least 4 members (excludes halogenated alkanes) is 1. The van der Waals surface area contributed by atoms with Crippen LogP contribution in [0.15, 0.2) is 77.7 Å². The normalized spacial score (nSPS) is 11.1. The summed E-state index contributed by atoms with van der Waals surface area (Å²) in [7, 11) is -2.76. The van der Waals surface area contributed by atoms with Crippen molar-refractivity contribution < 1.29 is 22.3 Å². The number of benzene rings is 3. The molecule has 3 aromatic rings. The van der Waals surface area contributed by atoms with Gasteiger partial charge in [0.1, 0.15) is 18.1 Å². The van der Waals surface area contributed by atoms with Gasteiger partial charge in [-0.2, -0.15) is 0 Å². The van der Waals surface area contributed by atoms with E-state index in [0.717, 1.165) is 35.2 Å². The van der Waals surface area contributed by atoms with E-state index in [9.17, 15) is 17.6 Å². The quantitative estimate of drug-likeness (QED) is 0.452. The van der Waals surface area contributed by atoms with E-state index in [0.29, 0.717) is 11.4 Å². The predicted octanol–water partition coefficient (Wildman–Crippen LogP) is 5.01. The number of sulfonamides is 1. The van der Waals surface area contributed by atoms with Crippen LogP contribution in [0.3, 0.4) is 0 Å². The number of methoxy groups -OCH3 is 1. The summed E-state index contributed by atoms with van der Waals surface area (Å²) in [5.41, 5.74) is 1.49. The number of ether oxygens (including phenoxy) is 1. The maximum atomic E-state index is 14.6. The lowest BCUT2D eigenvalue weighted by Crippen LogP contribution is -2.38. The average molecular weight is 471 g/mol. The molecule has 0 spiro atoms. The molecule has 174 valence electrons. The molecule has 0 unspecified atom stereocenters. The monoisotopic (exact) mass is 470 g/mol. The maximum absolute atomic E-state index is 14.6. The molecule has 0 aliphatic heterocycles. The summed E-state index contributed by atoms with van der Waals surface area (Å²) < 4.78 is 47.1. The summed E-state index contributed by atoms with van der Waals surface area (Å²) in [5.74, 6) is -0.856.